The summed E-state index contributed by atoms with van der Waals surface area (Å²) in [6, 6.07) is 16.1. The second-order valence-electron chi connectivity index (χ2n) is 8.94. The maximum absolute atomic E-state index is 12.7. The van der Waals surface area contributed by atoms with Crippen LogP contribution in [0.3, 0.4) is 0 Å². The molecule has 0 aromatic heterocycles. The highest BCUT2D eigenvalue weighted by Crippen LogP contribution is 2.44. The number of nitrogens with one attached hydrogen (secondary N) is 2. The van der Waals surface area contributed by atoms with Crippen LogP contribution in [0.1, 0.15) is 50.2 Å². The molecule has 4 rings (SSSR count). The lowest BCUT2D eigenvalue weighted by Crippen LogP contribution is -2.55. The Hall–Kier alpha value is -3.35. The highest BCUT2D eigenvalue weighted by Gasteiger charge is 2.52. The minimum Gasteiger partial charge on any atom is -0.481 e. The van der Waals surface area contributed by atoms with E-state index in [1.165, 1.54) is 0 Å². The molecule has 1 fully saturated rings. The second-order valence-corrected chi connectivity index (χ2v) is 8.94. The number of ether oxygens (including phenoxy) is 1. The van der Waals surface area contributed by atoms with Gasteiger partial charge in [0.15, 0.2) is 0 Å². The van der Waals surface area contributed by atoms with Crippen molar-refractivity contribution >= 4 is 18.0 Å². The third-order valence-electron chi connectivity index (χ3n) is 5.91. The molecule has 1 saturated carbocycles. The van der Waals surface area contributed by atoms with Crippen molar-refractivity contribution in [2.45, 2.75) is 50.1 Å². The molecule has 162 valence electrons. The van der Waals surface area contributed by atoms with Gasteiger partial charge in [-0.3, -0.25) is 9.59 Å². The number of carboxylic acids is 1. The maximum atomic E-state index is 12.7. The smallest absolute Gasteiger partial charge is 0.408 e. The average Bonchev–Trinajstić information content (AvgIpc) is 3.41. The molecule has 0 radical (unpaired) electrons. The van der Waals surface area contributed by atoms with Crippen LogP contribution < -0.4 is 10.6 Å². The molecule has 0 saturated heterocycles. The van der Waals surface area contributed by atoms with Crippen LogP contribution in [0.4, 0.5) is 4.79 Å². The summed E-state index contributed by atoms with van der Waals surface area (Å²) in [5.41, 5.74) is 2.58. The molecule has 0 heterocycles. The van der Waals surface area contributed by atoms with Crippen molar-refractivity contribution in [3.05, 3.63) is 59.7 Å². The summed E-state index contributed by atoms with van der Waals surface area (Å²) in [6.07, 6.45) is 0.128. The number of alkyl carbamates (subject to hydrolysis) is 1. The van der Waals surface area contributed by atoms with Crippen LogP contribution >= 0.6 is 0 Å². The molecule has 7 nitrogen and oxygen atoms in total. The van der Waals surface area contributed by atoms with E-state index >= 15 is 0 Å². The van der Waals surface area contributed by atoms with Gasteiger partial charge in [-0.05, 0) is 48.9 Å². The lowest BCUT2D eigenvalue weighted by molar-refractivity contribution is -0.138. The van der Waals surface area contributed by atoms with Crippen molar-refractivity contribution in [3.8, 4) is 11.1 Å². The largest absolute Gasteiger partial charge is 0.481 e. The van der Waals surface area contributed by atoms with Gasteiger partial charge in [-0.2, -0.15) is 0 Å². The Morgan fingerprint density at radius 2 is 1.58 bits per heavy atom. The van der Waals surface area contributed by atoms with Gasteiger partial charge in [0.2, 0.25) is 5.91 Å². The van der Waals surface area contributed by atoms with Gasteiger partial charge >= 0.3 is 12.1 Å². The molecule has 3 N–H and O–H groups in total. The Kier molecular flexibility index (Phi) is 5.21. The minimum absolute atomic E-state index is 0.0587. The second kappa shape index (κ2) is 7.72. The minimum atomic E-state index is -1.03. The van der Waals surface area contributed by atoms with Crippen LogP contribution in [0.15, 0.2) is 48.5 Å². The molecule has 0 bridgehead atoms. The van der Waals surface area contributed by atoms with Gasteiger partial charge in [-0.25, -0.2) is 4.79 Å². The molecule has 7 heteroatoms. The number of carbonyl (C=O) groups excluding carboxylic acids is 2. The molecule has 0 spiro atoms. The summed E-state index contributed by atoms with van der Waals surface area (Å²) < 4.78 is 5.54. The first kappa shape index (κ1) is 20.9. The summed E-state index contributed by atoms with van der Waals surface area (Å²) >= 11 is 0. The van der Waals surface area contributed by atoms with Crippen LogP contribution in [-0.2, 0) is 14.3 Å². The molecule has 2 aromatic carbocycles. The van der Waals surface area contributed by atoms with E-state index in [4.69, 9.17) is 9.84 Å². The summed E-state index contributed by atoms with van der Waals surface area (Å²) in [7, 11) is 0. The van der Waals surface area contributed by atoms with Crippen molar-refractivity contribution in [2.24, 2.45) is 0 Å². The standard InChI is InChI=1S/C24H26N2O5/c1-23(2,13-20(27)28)25-21(29)24(11-12-24)26-22(30)31-14-19-17-9-5-3-7-15(17)16-8-4-6-10-18(16)19/h3-10,19H,11-14H2,1-2H3,(H,25,29)(H,26,30)(H,27,28). The number of carbonyl (C=O) groups is 3. The van der Waals surface area contributed by atoms with Gasteiger partial charge < -0.3 is 20.5 Å². The summed E-state index contributed by atoms with van der Waals surface area (Å²) in [5, 5.41) is 14.4. The third kappa shape index (κ3) is 4.26. The van der Waals surface area contributed by atoms with E-state index in [2.05, 4.69) is 22.8 Å². The summed E-state index contributed by atoms with van der Waals surface area (Å²) in [4.78, 5) is 36.2. The molecule has 2 amide bonds. The Balaban J connectivity index is 1.39. The highest BCUT2D eigenvalue weighted by molar-refractivity contribution is 5.93. The molecule has 0 atom stereocenters. The van der Waals surface area contributed by atoms with E-state index < -0.39 is 23.1 Å². The lowest BCUT2D eigenvalue weighted by Gasteiger charge is -2.27. The zero-order chi connectivity index (χ0) is 22.2. The Morgan fingerprint density at radius 1 is 1.03 bits per heavy atom. The monoisotopic (exact) mass is 422 g/mol. The maximum Gasteiger partial charge on any atom is 0.408 e. The Bertz CT molecular complexity index is 996. The van der Waals surface area contributed by atoms with Crippen LogP contribution in [0, 0.1) is 0 Å². The predicted octanol–water partition coefficient (Wildman–Crippen LogP) is 3.43. The molecule has 0 aliphatic heterocycles. The first-order valence-electron chi connectivity index (χ1n) is 10.4. The van der Waals surface area contributed by atoms with Crippen molar-refractivity contribution < 1.29 is 24.2 Å². The number of aliphatic carboxylic acids is 1. The fourth-order valence-electron chi connectivity index (χ4n) is 4.21. The molecule has 31 heavy (non-hydrogen) atoms. The van der Waals surface area contributed by atoms with Crippen molar-refractivity contribution in [2.75, 3.05) is 6.61 Å². The van der Waals surface area contributed by atoms with Gasteiger partial charge in [-0.15, -0.1) is 0 Å². The fourth-order valence-corrected chi connectivity index (χ4v) is 4.21. The number of rotatable bonds is 7. The summed E-state index contributed by atoms with van der Waals surface area (Å²) in [5.74, 6) is -1.44. The number of benzene rings is 2. The van der Waals surface area contributed by atoms with E-state index in [1.54, 1.807) is 13.8 Å². The van der Waals surface area contributed by atoms with Crippen LogP contribution in [-0.4, -0.2) is 40.8 Å². The molecule has 2 aliphatic carbocycles. The van der Waals surface area contributed by atoms with E-state index in [1.807, 2.05) is 36.4 Å². The molecular formula is C24H26N2O5. The zero-order valence-corrected chi connectivity index (χ0v) is 17.6. The van der Waals surface area contributed by atoms with E-state index in [0.717, 1.165) is 22.3 Å². The van der Waals surface area contributed by atoms with Gasteiger partial charge in [0.1, 0.15) is 12.1 Å². The SMILES string of the molecule is CC(C)(CC(=O)O)NC(=O)C1(NC(=O)OCC2c3ccccc3-c3ccccc32)CC1. The first-order valence-corrected chi connectivity index (χ1v) is 10.4. The third-order valence-corrected chi connectivity index (χ3v) is 5.91. The average molecular weight is 422 g/mol. The zero-order valence-electron chi connectivity index (χ0n) is 17.6. The lowest BCUT2D eigenvalue weighted by atomic mass is 9.98. The van der Waals surface area contributed by atoms with Gasteiger partial charge in [-0.1, -0.05) is 48.5 Å². The first-order chi connectivity index (χ1) is 14.7. The Labute approximate surface area is 180 Å². The van der Waals surface area contributed by atoms with Gasteiger partial charge in [0, 0.05) is 11.5 Å². The van der Waals surface area contributed by atoms with Crippen LogP contribution in [0.2, 0.25) is 0 Å². The Morgan fingerprint density at radius 3 is 2.10 bits per heavy atom. The summed E-state index contributed by atoms with van der Waals surface area (Å²) in [6.45, 7) is 3.45. The number of amides is 2. The molecule has 2 aliphatic rings. The number of carboxylic acid groups (broad SMARTS) is 1. The number of hydrogen-bond donors (Lipinski definition) is 3. The quantitative estimate of drug-likeness (QED) is 0.634. The molecule has 0 unspecified atom stereocenters. The van der Waals surface area contributed by atoms with Crippen LogP contribution in [0.25, 0.3) is 11.1 Å². The number of hydrogen-bond acceptors (Lipinski definition) is 4. The fraction of sp³-hybridized carbons (Fsp3) is 0.375. The van der Waals surface area contributed by atoms with Crippen molar-refractivity contribution in [1.29, 1.82) is 0 Å². The molecule has 2 aromatic rings. The normalized spacial score (nSPS) is 16.1. The predicted molar refractivity (Wildman–Crippen MR) is 115 cm³/mol. The van der Waals surface area contributed by atoms with E-state index in [9.17, 15) is 14.4 Å². The topological polar surface area (TPSA) is 105 Å². The highest BCUT2D eigenvalue weighted by atomic mass is 16.5. The van der Waals surface area contributed by atoms with Gasteiger partial charge in [0.05, 0.1) is 6.42 Å². The van der Waals surface area contributed by atoms with Crippen molar-refractivity contribution in [1.82, 2.24) is 10.6 Å². The van der Waals surface area contributed by atoms with Crippen molar-refractivity contribution in [3.63, 3.8) is 0 Å². The van der Waals surface area contributed by atoms with Gasteiger partial charge in [0.25, 0.3) is 0 Å². The van der Waals surface area contributed by atoms with Crippen LogP contribution in [0.5, 0.6) is 0 Å². The molecular weight excluding hydrogens is 396 g/mol. The van der Waals surface area contributed by atoms with E-state index in [0.29, 0.717) is 12.8 Å². The van der Waals surface area contributed by atoms with E-state index in [-0.39, 0.29) is 24.9 Å². The number of fused-ring (bicyclic) bond motifs is 3.